The maximum absolute atomic E-state index is 11.6. The van der Waals surface area contributed by atoms with Gasteiger partial charge >= 0.3 is 0 Å². The van der Waals surface area contributed by atoms with E-state index in [4.69, 9.17) is 10.5 Å². The van der Waals surface area contributed by atoms with Gasteiger partial charge in [-0.3, -0.25) is 4.79 Å². The van der Waals surface area contributed by atoms with Crippen LogP contribution in [0.1, 0.15) is 11.1 Å². The molecule has 0 fully saturated rings. The summed E-state index contributed by atoms with van der Waals surface area (Å²) in [6.07, 6.45) is 0. The summed E-state index contributed by atoms with van der Waals surface area (Å²) < 4.78 is 4.85. The van der Waals surface area contributed by atoms with Crippen LogP contribution in [0.15, 0.2) is 24.3 Å². The Hall–Kier alpha value is -1.43. The number of carbonyl (C=O) groups excluding carboxylic acids is 1. The minimum Gasteiger partial charge on any atom is -0.383 e. The van der Waals surface area contributed by atoms with E-state index in [1.807, 2.05) is 26.2 Å². The second-order valence-corrected chi connectivity index (χ2v) is 4.84. The molecular weight excluding hydrogens is 242 g/mol. The molecule has 1 atom stereocenters. The first kappa shape index (κ1) is 15.6. The van der Waals surface area contributed by atoms with E-state index in [9.17, 15) is 4.79 Å². The predicted octanol–water partition coefficient (Wildman–Crippen LogP) is 0.338. The highest BCUT2D eigenvalue weighted by molar-refractivity contribution is 5.81. The number of nitrogens with one attached hydrogen (secondary N) is 1. The third kappa shape index (κ3) is 5.83. The molecular formula is C14H23N3O2. The largest absolute Gasteiger partial charge is 0.383 e. The van der Waals surface area contributed by atoms with Crippen molar-refractivity contribution in [2.24, 2.45) is 5.73 Å². The van der Waals surface area contributed by atoms with Crippen LogP contribution in [0, 0.1) is 0 Å². The minimum atomic E-state index is -0.616. The highest BCUT2D eigenvalue weighted by Gasteiger charge is 2.12. The van der Waals surface area contributed by atoms with Crippen LogP contribution in [-0.4, -0.2) is 44.7 Å². The lowest BCUT2D eigenvalue weighted by atomic mass is 10.1. The Kier molecular flexibility index (Phi) is 6.49. The van der Waals surface area contributed by atoms with Gasteiger partial charge in [-0.1, -0.05) is 24.3 Å². The lowest BCUT2D eigenvalue weighted by molar-refractivity contribution is -0.123. The first-order chi connectivity index (χ1) is 9.02. The van der Waals surface area contributed by atoms with E-state index >= 15 is 0 Å². The third-order valence-corrected chi connectivity index (χ3v) is 2.64. The van der Waals surface area contributed by atoms with Crippen LogP contribution in [0.5, 0.6) is 0 Å². The van der Waals surface area contributed by atoms with E-state index < -0.39 is 6.04 Å². The molecule has 0 heterocycles. The van der Waals surface area contributed by atoms with Gasteiger partial charge in [0.25, 0.3) is 0 Å². The number of amides is 1. The number of methoxy groups -OCH3 is 1. The standard InChI is InChI=1S/C14H23N3O2/c1-17(2)9-12-6-4-5-11(7-12)8-16-14(18)13(15)10-19-3/h4-7,13H,8-10,15H2,1-3H3,(H,16,18). The molecule has 1 unspecified atom stereocenters. The van der Waals surface area contributed by atoms with E-state index in [0.29, 0.717) is 6.54 Å². The average Bonchev–Trinajstić information content (AvgIpc) is 2.36. The van der Waals surface area contributed by atoms with E-state index in [0.717, 1.165) is 12.1 Å². The van der Waals surface area contributed by atoms with E-state index in [2.05, 4.69) is 22.3 Å². The first-order valence-electron chi connectivity index (χ1n) is 6.27. The molecule has 0 aliphatic rings. The van der Waals surface area contributed by atoms with Crippen molar-refractivity contribution in [2.75, 3.05) is 27.8 Å². The van der Waals surface area contributed by atoms with Gasteiger partial charge in [-0.25, -0.2) is 0 Å². The Bertz CT molecular complexity index is 407. The fourth-order valence-corrected chi connectivity index (χ4v) is 1.78. The highest BCUT2D eigenvalue weighted by Crippen LogP contribution is 2.06. The third-order valence-electron chi connectivity index (χ3n) is 2.64. The van der Waals surface area contributed by atoms with Gasteiger partial charge in [-0.2, -0.15) is 0 Å². The topological polar surface area (TPSA) is 67.6 Å². The molecule has 0 bridgehead atoms. The van der Waals surface area contributed by atoms with Crippen molar-refractivity contribution in [3.8, 4) is 0 Å². The minimum absolute atomic E-state index is 0.195. The van der Waals surface area contributed by atoms with Crippen molar-refractivity contribution in [3.63, 3.8) is 0 Å². The number of rotatable bonds is 7. The average molecular weight is 265 g/mol. The van der Waals surface area contributed by atoms with Gasteiger partial charge in [0, 0.05) is 20.2 Å². The molecule has 0 aliphatic heterocycles. The summed E-state index contributed by atoms with van der Waals surface area (Å²) >= 11 is 0. The molecule has 0 spiro atoms. The van der Waals surface area contributed by atoms with Crippen LogP contribution in [0.3, 0.4) is 0 Å². The number of nitrogens with two attached hydrogens (primary N) is 1. The molecule has 1 aromatic carbocycles. The number of ether oxygens (including phenoxy) is 1. The van der Waals surface area contributed by atoms with E-state index in [1.165, 1.54) is 12.7 Å². The van der Waals surface area contributed by atoms with Crippen molar-refractivity contribution < 1.29 is 9.53 Å². The van der Waals surface area contributed by atoms with Crippen LogP contribution in [0.4, 0.5) is 0 Å². The quantitative estimate of drug-likeness (QED) is 0.746. The van der Waals surface area contributed by atoms with Crippen molar-refractivity contribution >= 4 is 5.91 Å². The Morgan fingerprint density at radius 3 is 2.74 bits per heavy atom. The number of nitrogens with zero attached hydrogens (tertiary/aromatic N) is 1. The van der Waals surface area contributed by atoms with Gasteiger partial charge in [0.15, 0.2) is 0 Å². The fourth-order valence-electron chi connectivity index (χ4n) is 1.78. The molecule has 19 heavy (non-hydrogen) atoms. The Morgan fingerprint density at radius 2 is 2.11 bits per heavy atom. The molecule has 5 heteroatoms. The smallest absolute Gasteiger partial charge is 0.239 e. The lowest BCUT2D eigenvalue weighted by Gasteiger charge is -2.13. The number of hydrogen-bond acceptors (Lipinski definition) is 4. The number of carbonyl (C=O) groups is 1. The summed E-state index contributed by atoms with van der Waals surface area (Å²) in [6.45, 7) is 1.59. The van der Waals surface area contributed by atoms with Crippen LogP contribution in [0.25, 0.3) is 0 Å². The number of hydrogen-bond donors (Lipinski definition) is 2. The molecule has 1 rings (SSSR count). The first-order valence-corrected chi connectivity index (χ1v) is 6.27. The van der Waals surface area contributed by atoms with Gasteiger partial charge in [-0.05, 0) is 25.2 Å². The summed E-state index contributed by atoms with van der Waals surface area (Å²) in [5.41, 5.74) is 7.93. The summed E-state index contributed by atoms with van der Waals surface area (Å²) in [7, 11) is 5.58. The molecule has 5 nitrogen and oxygen atoms in total. The van der Waals surface area contributed by atoms with Crippen LogP contribution >= 0.6 is 0 Å². The Morgan fingerprint density at radius 1 is 1.42 bits per heavy atom. The molecule has 0 aromatic heterocycles. The zero-order valence-corrected chi connectivity index (χ0v) is 11.8. The lowest BCUT2D eigenvalue weighted by Crippen LogP contribution is -2.43. The molecule has 0 aliphatic carbocycles. The molecule has 0 saturated carbocycles. The monoisotopic (exact) mass is 265 g/mol. The van der Waals surface area contributed by atoms with Crippen molar-refractivity contribution in [1.29, 1.82) is 0 Å². The summed E-state index contributed by atoms with van der Waals surface area (Å²) in [5.74, 6) is -0.195. The molecule has 106 valence electrons. The van der Waals surface area contributed by atoms with Crippen LogP contribution < -0.4 is 11.1 Å². The normalized spacial score (nSPS) is 12.5. The zero-order valence-electron chi connectivity index (χ0n) is 11.8. The second-order valence-electron chi connectivity index (χ2n) is 4.84. The van der Waals surface area contributed by atoms with Crippen LogP contribution in [-0.2, 0) is 22.6 Å². The van der Waals surface area contributed by atoms with Gasteiger partial charge in [0.2, 0.25) is 5.91 Å². The maximum Gasteiger partial charge on any atom is 0.239 e. The maximum atomic E-state index is 11.6. The Balaban J connectivity index is 2.51. The molecule has 0 saturated heterocycles. The van der Waals surface area contributed by atoms with E-state index in [-0.39, 0.29) is 12.5 Å². The van der Waals surface area contributed by atoms with Crippen molar-refractivity contribution in [2.45, 2.75) is 19.1 Å². The van der Waals surface area contributed by atoms with Gasteiger partial charge in [0.1, 0.15) is 6.04 Å². The number of benzene rings is 1. The van der Waals surface area contributed by atoms with Gasteiger partial charge < -0.3 is 20.7 Å². The summed E-state index contributed by atoms with van der Waals surface area (Å²) in [5, 5.41) is 2.81. The van der Waals surface area contributed by atoms with Gasteiger partial charge in [0.05, 0.1) is 6.61 Å². The van der Waals surface area contributed by atoms with Crippen molar-refractivity contribution in [1.82, 2.24) is 10.2 Å². The summed E-state index contributed by atoms with van der Waals surface area (Å²) in [6, 6.07) is 7.52. The molecule has 0 radical (unpaired) electrons. The van der Waals surface area contributed by atoms with E-state index in [1.54, 1.807) is 0 Å². The zero-order chi connectivity index (χ0) is 14.3. The summed E-state index contributed by atoms with van der Waals surface area (Å²) in [4.78, 5) is 13.7. The second kappa shape index (κ2) is 7.89. The van der Waals surface area contributed by atoms with Crippen LogP contribution in [0.2, 0.25) is 0 Å². The SMILES string of the molecule is COCC(N)C(=O)NCc1cccc(CN(C)C)c1. The fraction of sp³-hybridized carbons (Fsp3) is 0.500. The molecule has 1 amide bonds. The highest BCUT2D eigenvalue weighted by atomic mass is 16.5. The predicted molar refractivity (Wildman–Crippen MR) is 75.5 cm³/mol. The molecule has 3 N–H and O–H groups in total. The van der Waals surface area contributed by atoms with Gasteiger partial charge in [-0.15, -0.1) is 0 Å². The van der Waals surface area contributed by atoms with Crippen molar-refractivity contribution in [3.05, 3.63) is 35.4 Å². The molecule has 1 aromatic rings. The Labute approximate surface area is 114 Å².